The highest BCUT2D eigenvalue weighted by Gasteiger charge is 2.23. The summed E-state index contributed by atoms with van der Waals surface area (Å²) in [6.07, 6.45) is -2.05. The van der Waals surface area contributed by atoms with E-state index in [1.807, 2.05) is 6.07 Å². The summed E-state index contributed by atoms with van der Waals surface area (Å²) in [4.78, 5) is 0. The van der Waals surface area contributed by atoms with Gasteiger partial charge in [-0.2, -0.15) is 0 Å². The van der Waals surface area contributed by atoms with Gasteiger partial charge in [0.15, 0.2) is 0 Å². The number of phenolic OH excluding ortho intramolecular Hbond substituents is 1. The molecule has 0 spiro atoms. The third kappa shape index (κ3) is 3.45. The largest absolute Gasteiger partial charge is 0.508 e. The zero-order valence-corrected chi connectivity index (χ0v) is 11.4. The van der Waals surface area contributed by atoms with Crippen molar-refractivity contribution in [2.45, 2.75) is 38.4 Å². The van der Waals surface area contributed by atoms with Gasteiger partial charge >= 0.3 is 0 Å². The van der Waals surface area contributed by atoms with Crippen molar-refractivity contribution in [3.05, 3.63) is 29.3 Å². The molecule has 0 radical (unpaired) electrons. The number of phenols is 1. The fraction of sp³-hybridized carbons (Fsp3) is 0.571. The van der Waals surface area contributed by atoms with Gasteiger partial charge in [-0.05, 0) is 30.2 Å². The van der Waals surface area contributed by atoms with Gasteiger partial charge in [0.1, 0.15) is 11.9 Å². The topological polar surface area (TPSA) is 72.7 Å². The van der Waals surface area contributed by atoms with Crippen LogP contribution in [0.15, 0.2) is 18.2 Å². The van der Waals surface area contributed by atoms with Crippen LogP contribution in [0.25, 0.3) is 0 Å². The van der Waals surface area contributed by atoms with E-state index >= 15 is 0 Å². The van der Waals surface area contributed by atoms with E-state index in [1.165, 1.54) is 0 Å². The number of aliphatic hydroxyl groups is 2. The van der Waals surface area contributed by atoms with Crippen LogP contribution < -0.4 is 5.32 Å². The molecule has 0 heterocycles. The second-order valence-electron chi connectivity index (χ2n) is 5.59. The number of nitrogens with one attached hydrogen (secondary N) is 1. The maximum absolute atomic E-state index is 10.0. The normalized spacial score (nSPS) is 15.4. The first-order chi connectivity index (χ1) is 8.27. The summed E-state index contributed by atoms with van der Waals surface area (Å²) in [5.74, 6) is 0.00523. The summed E-state index contributed by atoms with van der Waals surface area (Å²) in [5.41, 5.74) is 1.30. The highest BCUT2D eigenvalue weighted by molar-refractivity contribution is 5.40. The summed E-state index contributed by atoms with van der Waals surface area (Å²) >= 11 is 0. The standard InChI is InChI=1S/C14H23NO3/c1-14(2,3)9-5-6-11(16)10(7-9)13(18)12(17)8-15-4/h5-7,12-13,15-18H,8H2,1-4H3. The van der Waals surface area contributed by atoms with E-state index in [1.54, 1.807) is 19.2 Å². The lowest BCUT2D eigenvalue weighted by atomic mass is 9.85. The molecule has 0 saturated carbocycles. The predicted octanol–water partition coefficient (Wildman–Crippen LogP) is 1.30. The van der Waals surface area contributed by atoms with Crippen molar-refractivity contribution in [3.63, 3.8) is 0 Å². The maximum atomic E-state index is 10.0. The fourth-order valence-corrected chi connectivity index (χ4v) is 1.79. The molecule has 1 aromatic rings. The molecule has 0 saturated heterocycles. The van der Waals surface area contributed by atoms with Crippen LogP contribution in [0.3, 0.4) is 0 Å². The van der Waals surface area contributed by atoms with Crippen LogP contribution in [0.1, 0.15) is 38.0 Å². The monoisotopic (exact) mass is 253 g/mol. The number of likely N-dealkylation sites (N-methyl/N-ethyl adjacent to an activating group) is 1. The molecule has 0 fully saturated rings. The minimum absolute atomic E-state index is 0.00523. The quantitative estimate of drug-likeness (QED) is 0.653. The first kappa shape index (κ1) is 15.0. The molecule has 0 aliphatic carbocycles. The van der Waals surface area contributed by atoms with Crippen LogP contribution in [0, 0.1) is 0 Å². The first-order valence-corrected chi connectivity index (χ1v) is 6.11. The Labute approximate surface area is 108 Å². The number of benzene rings is 1. The van der Waals surface area contributed by atoms with Gasteiger partial charge in [0.2, 0.25) is 0 Å². The smallest absolute Gasteiger partial charge is 0.121 e. The van der Waals surface area contributed by atoms with Crippen molar-refractivity contribution in [3.8, 4) is 5.75 Å². The summed E-state index contributed by atoms with van der Waals surface area (Å²) in [6, 6.07) is 5.14. The molecule has 0 aliphatic heterocycles. The minimum atomic E-state index is -1.10. The van der Waals surface area contributed by atoms with Crippen LogP contribution in [0.4, 0.5) is 0 Å². The average Bonchev–Trinajstić information content (AvgIpc) is 2.27. The van der Waals surface area contributed by atoms with Gasteiger partial charge in [-0.1, -0.05) is 26.8 Å². The number of hydrogen-bond acceptors (Lipinski definition) is 4. The molecular formula is C14H23NO3. The summed E-state index contributed by atoms with van der Waals surface area (Å²) in [5, 5.41) is 32.4. The van der Waals surface area contributed by atoms with Crippen LogP contribution >= 0.6 is 0 Å². The third-order valence-electron chi connectivity index (χ3n) is 2.99. The first-order valence-electron chi connectivity index (χ1n) is 6.11. The van der Waals surface area contributed by atoms with Gasteiger partial charge in [-0.3, -0.25) is 0 Å². The zero-order valence-electron chi connectivity index (χ0n) is 11.4. The van der Waals surface area contributed by atoms with Crippen LogP contribution in [-0.4, -0.2) is 35.0 Å². The van der Waals surface area contributed by atoms with Crippen LogP contribution in [0.2, 0.25) is 0 Å². The molecule has 1 rings (SSSR count). The molecule has 0 aliphatic rings. The Balaban J connectivity index is 3.08. The predicted molar refractivity (Wildman–Crippen MR) is 71.7 cm³/mol. The number of aliphatic hydroxyl groups excluding tert-OH is 2. The van der Waals surface area contributed by atoms with Crippen molar-refractivity contribution in [1.29, 1.82) is 0 Å². The Bertz CT molecular complexity index is 399. The van der Waals surface area contributed by atoms with Crippen molar-refractivity contribution in [2.75, 3.05) is 13.6 Å². The molecule has 4 N–H and O–H groups in total. The molecule has 18 heavy (non-hydrogen) atoms. The Morgan fingerprint density at radius 2 is 1.83 bits per heavy atom. The Morgan fingerprint density at radius 3 is 2.33 bits per heavy atom. The zero-order chi connectivity index (χ0) is 13.9. The van der Waals surface area contributed by atoms with Crippen LogP contribution in [0.5, 0.6) is 5.75 Å². The van der Waals surface area contributed by atoms with E-state index in [0.717, 1.165) is 5.56 Å². The molecule has 0 amide bonds. The molecule has 4 heteroatoms. The number of hydrogen-bond donors (Lipinski definition) is 4. The van der Waals surface area contributed by atoms with E-state index in [0.29, 0.717) is 5.56 Å². The summed E-state index contributed by atoms with van der Waals surface area (Å²) < 4.78 is 0. The highest BCUT2D eigenvalue weighted by atomic mass is 16.3. The highest BCUT2D eigenvalue weighted by Crippen LogP contribution is 2.32. The third-order valence-corrected chi connectivity index (χ3v) is 2.99. The second kappa shape index (κ2) is 5.69. The molecule has 0 aromatic heterocycles. The van der Waals surface area contributed by atoms with E-state index in [2.05, 4.69) is 26.1 Å². The van der Waals surface area contributed by atoms with Crippen LogP contribution in [-0.2, 0) is 5.41 Å². The lowest BCUT2D eigenvalue weighted by Gasteiger charge is -2.23. The second-order valence-corrected chi connectivity index (χ2v) is 5.59. The Hall–Kier alpha value is -1.10. The van der Waals surface area contributed by atoms with Gasteiger partial charge in [-0.15, -0.1) is 0 Å². The van der Waals surface area contributed by atoms with Crippen molar-refractivity contribution >= 4 is 0 Å². The SMILES string of the molecule is CNCC(O)C(O)c1cc(C(C)(C)C)ccc1O. The average molecular weight is 253 g/mol. The van der Waals surface area contributed by atoms with Crippen molar-refractivity contribution in [1.82, 2.24) is 5.32 Å². The molecule has 2 unspecified atom stereocenters. The molecule has 4 nitrogen and oxygen atoms in total. The summed E-state index contributed by atoms with van der Waals surface area (Å²) in [6.45, 7) is 6.43. The van der Waals surface area contributed by atoms with E-state index < -0.39 is 12.2 Å². The molecular weight excluding hydrogens is 230 g/mol. The molecule has 102 valence electrons. The Morgan fingerprint density at radius 1 is 1.22 bits per heavy atom. The van der Waals surface area contributed by atoms with Gasteiger partial charge in [0.25, 0.3) is 0 Å². The van der Waals surface area contributed by atoms with Gasteiger partial charge < -0.3 is 20.6 Å². The number of aromatic hydroxyl groups is 1. The number of rotatable bonds is 4. The van der Waals surface area contributed by atoms with Gasteiger partial charge in [0.05, 0.1) is 6.10 Å². The van der Waals surface area contributed by atoms with E-state index in [9.17, 15) is 15.3 Å². The maximum Gasteiger partial charge on any atom is 0.121 e. The Kier molecular flexibility index (Phi) is 4.73. The van der Waals surface area contributed by atoms with Gasteiger partial charge in [-0.25, -0.2) is 0 Å². The van der Waals surface area contributed by atoms with Crippen molar-refractivity contribution < 1.29 is 15.3 Å². The molecule has 2 atom stereocenters. The fourth-order valence-electron chi connectivity index (χ4n) is 1.79. The van der Waals surface area contributed by atoms with E-state index in [4.69, 9.17) is 0 Å². The van der Waals surface area contributed by atoms with E-state index in [-0.39, 0.29) is 17.7 Å². The minimum Gasteiger partial charge on any atom is -0.508 e. The lowest BCUT2D eigenvalue weighted by Crippen LogP contribution is -2.29. The molecule has 0 bridgehead atoms. The summed E-state index contributed by atoms with van der Waals surface area (Å²) in [7, 11) is 1.70. The van der Waals surface area contributed by atoms with Crippen molar-refractivity contribution in [2.24, 2.45) is 0 Å². The molecule has 1 aromatic carbocycles. The lowest BCUT2D eigenvalue weighted by molar-refractivity contribution is 0.0188. The van der Waals surface area contributed by atoms with Gasteiger partial charge in [0, 0.05) is 12.1 Å².